The van der Waals surface area contributed by atoms with Crippen LogP contribution in [0.3, 0.4) is 0 Å². The van der Waals surface area contributed by atoms with Crippen molar-refractivity contribution in [3.63, 3.8) is 0 Å². The molecule has 0 radical (unpaired) electrons. The van der Waals surface area contributed by atoms with Crippen LogP contribution in [-0.2, 0) is 6.54 Å². The van der Waals surface area contributed by atoms with Crippen LogP contribution < -0.4 is 4.74 Å². The number of rotatable bonds is 6. The Hall–Kier alpha value is -1.69. The Labute approximate surface area is 110 Å². The molecule has 0 spiro atoms. The Morgan fingerprint density at radius 1 is 1.37 bits per heavy atom. The van der Waals surface area contributed by atoms with E-state index in [1.54, 1.807) is 24.4 Å². The van der Waals surface area contributed by atoms with E-state index in [4.69, 9.17) is 0 Å². The average molecular weight is 269 g/mol. The summed E-state index contributed by atoms with van der Waals surface area (Å²) in [5.41, 5.74) is 0.931. The maximum Gasteiger partial charge on any atom is 0.387 e. The molecule has 0 fully saturated rings. The van der Waals surface area contributed by atoms with Crippen LogP contribution in [0.25, 0.3) is 10.9 Å². The molecule has 0 aliphatic rings. The van der Waals surface area contributed by atoms with Crippen molar-refractivity contribution in [2.45, 2.75) is 19.6 Å². The molecule has 2 aromatic rings. The van der Waals surface area contributed by atoms with Crippen LogP contribution in [0, 0.1) is 0 Å². The molecule has 1 heterocycles. The van der Waals surface area contributed by atoms with E-state index in [2.05, 4.69) is 14.7 Å². The van der Waals surface area contributed by atoms with Crippen LogP contribution in [-0.4, -0.2) is 41.9 Å². The maximum atomic E-state index is 12.1. The van der Waals surface area contributed by atoms with Gasteiger partial charge in [0.15, 0.2) is 0 Å². The quantitative estimate of drug-likeness (QED) is 0.807. The van der Waals surface area contributed by atoms with Crippen LogP contribution in [0.5, 0.6) is 5.75 Å². The molecule has 6 heteroatoms. The summed E-state index contributed by atoms with van der Waals surface area (Å²) >= 11 is 0. The fourth-order valence-electron chi connectivity index (χ4n) is 1.96. The van der Waals surface area contributed by atoms with E-state index in [1.165, 1.54) is 0 Å². The first-order valence-corrected chi connectivity index (χ1v) is 6.11. The fraction of sp³-hybridized carbons (Fsp3) is 0.462. The molecule has 1 aromatic carbocycles. The number of halogens is 2. The third-order valence-corrected chi connectivity index (χ3v) is 2.81. The Morgan fingerprint density at radius 3 is 2.84 bits per heavy atom. The Bertz CT molecular complexity index is 540. The fourth-order valence-corrected chi connectivity index (χ4v) is 1.96. The van der Waals surface area contributed by atoms with Gasteiger partial charge in [0.1, 0.15) is 5.75 Å². The molecular formula is C13H17F2N3O. The second-order valence-electron chi connectivity index (χ2n) is 4.62. The third-order valence-electron chi connectivity index (χ3n) is 2.81. The van der Waals surface area contributed by atoms with Gasteiger partial charge < -0.3 is 9.64 Å². The molecule has 0 amide bonds. The smallest absolute Gasteiger partial charge is 0.387 e. The SMILES string of the molecule is CN(C)CCCn1ncc2cc(OC(F)F)ccc21. The first kappa shape index (κ1) is 13.7. The van der Waals surface area contributed by atoms with E-state index in [9.17, 15) is 8.78 Å². The van der Waals surface area contributed by atoms with Crippen LogP contribution >= 0.6 is 0 Å². The predicted octanol–water partition coefficient (Wildman–Crippen LogP) is 2.59. The van der Waals surface area contributed by atoms with Crippen molar-refractivity contribution >= 4 is 10.9 Å². The minimum absolute atomic E-state index is 0.162. The van der Waals surface area contributed by atoms with Crippen molar-refractivity contribution in [2.24, 2.45) is 0 Å². The number of nitrogens with zero attached hydrogens (tertiary/aromatic N) is 3. The van der Waals surface area contributed by atoms with Crippen molar-refractivity contribution in [1.82, 2.24) is 14.7 Å². The minimum atomic E-state index is -2.80. The summed E-state index contributed by atoms with van der Waals surface area (Å²) in [6.07, 6.45) is 2.66. The lowest BCUT2D eigenvalue weighted by atomic mass is 10.2. The number of fused-ring (bicyclic) bond motifs is 1. The van der Waals surface area contributed by atoms with Gasteiger partial charge in [-0.15, -0.1) is 0 Å². The molecule has 0 saturated heterocycles. The van der Waals surface area contributed by atoms with Crippen LogP contribution in [0.1, 0.15) is 6.42 Å². The zero-order chi connectivity index (χ0) is 13.8. The van der Waals surface area contributed by atoms with Gasteiger partial charge in [0, 0.05) is 11.9 Å². The normalized spacial score (nSPS) is 11.7. The van der Waals surface area contributed by atoms with E-state index in [0.717, 1.165) is 30.4 Å². The first-order chi connectivity index (χ1) is 9.06. The topological polar surface area (TPSA) is 30.3 Å². The lowest BCUT2D eigenvalue weighted by Crippen LogP contribution is -2.15. The van der Waals surface area contributed by atoms with Gasteiger partial charge in [0.05, 0.1) is 11.7 Å². The highest BCUT2D eigenvalue weighted by molar-refractivity contribution is 5.80. The molecule has 2 rings (SSSR count). The summed E-state index contributed by atoms with van der Waals surface area (Å²) in [6.45, 7) is -1.02. The summed E-state index contributed by atoms with van der Waals surface area (Å²) in [4.78, 5) is 2.11. The lowest BCUT2D eigenvalue weighted by Gasteiger charge is -2.09. The van der Waals surface area contributed by atoms with Gasteiger partial charge in [-0.3, -0.25) is 4.68 Å². The molecule has 19 heavy (non-hydrogen) atoms. The van der Waals surface area contributed by atoms with E-state index in [1.807, 2.05) is 18.8 Å². The number of aryl methyl sites for hydroxylation is 1. The first-order valence-electron chi connectivity index (χ1n) is 6.11. The molecule has 1 aromatic heterocycles. The molecular weight excluding hydrogens is 252 g/mol. The van der Waals surface area contributed by atoms with Crippen molar-refractivity contribution in [1.29, 1.82) is 0 Å². The largest absolute Gasteiger partial charge is 0.435 e. The van der Waals surface area contributed by atoms with Crippen molar-refractivity contribution in [2.75, 3.05) is 20.6 Å². The molecule has 0 saturated carbocycles. The van der Waals surface area contributed by atoms with E-state index in [0.29, 0.717) is 0 Å². The number of aromatic nitrogens is 2. The average Bonchev–Trinajstić information content (AvgIpc) is 2.70. The monoisotopic (exact) mass is 269 g/mol. The van der Waals surface area contributed by atoms with E-state index >= 15 is 0 Å². The number of alkyl halides is 2. The standard InChI is InChI=1S/C13H17F2N3O/c1-17(2)6-3-7-18-12-5-4-11(19-13(14)15)8-10(12)9-16-18/h4-5,8-9,13H,3,6-7H2,1-2H3. The summed E-state index contributed by atoms with van der Waals surface area (Å²) < 4.78 is 30.5. The number of ether oxygens (including phenoxy) is 1. The van der Waals surface area contributed by atoms with Gasteiger partial charge in [-0.1, -0.05) is 0 Å². The molecule has 4 nitrogen and oxygen atoms in total. The zero-order valence-corrected chi connectivity index (χ0v) is 11.0. The second-order valence-corrected chi connectivity index (χ2v) is 4.62. The third kappa shape index (κ3) is 3.64. The van der Waals surface area contributed by atoms with Crippen LogP contribution in [0.4, 0.5) is 8.78 Å². The van der Waals surface area contributed by atoms with Crippen molar-refractivity contribution in [3.05, 3.63) is 24.4 Å². The lowest BCUT2D eigenvalue weighted by molar-refractivity contribution is -0.0497. The molecule has 0 aliphatic carbocycles. The second kappa shape index (κ2) is 5.97. The van der Waals surface area contributed by atoms with Crippen LogP contribution in [0.2, 0.25) is 0 Å². The Morgan fingerprint density at radius 2 is 2.16 bits per heavy atom. The minimum Gasteiger partial charge on any atom is -0.435 e. The summed E-state index contributed by atoms with van der Waals surface area (Å²) in [7, 11) is 4.05. The number of hydrogen-bond acceptors (Lipinski definition) is 3. The predicted molar refractivity (Wildman–Crippen MR) is 69.5 cm³/mol. The molecule has 104 valence electrons. The van der Waals surface area contributed by atoms with Crippen molar-refractivity contribution < 1.29 is 13.5 Å². The van der Waals surface area contributed by atoms with Gasteiger partial charge in [0.25, 0.3) is 0 Å². The van der Waals surface area contributed by atoms with Crippen molar-refractivity contribution in [3.8, 4) is 5.75 Å². The summed E-state index contributed by atoms with van der Waals surface area (Å²) in [5, 5.41) is 5.08. The highest BCUT2D eigenvalue weighted by atomic mass is 19.3. The van der Waals surface area contributed by atoms with Gasteiger partial charge >= 0.3 is 6.61 Å². The van der Waals surface area contributed by atoms with E-state index < -0.39 is 6.61 Å². The molecule has 0 N–H and O–H groups in total. The Kier molecular flexibility index (Phi) is 4.31. The summed E-state index contributed by atoms with van der Waals surface area (Å²) in [5.74, 6) is 0.162. The van der Waals surface area contributed by atoms with E-state index in [-0.39, 0.29) is 5.75 Å². The van der Waals surface area contributed by atoms with Gasteiger partial charge in [-0.05, 0) is 45.3 Å². The maximum absolute atomic E-state index is 12.1. The molecule has 0 unspecified atom stereocenters. The van der Waals surface area contributed by atoms with Crippen LogP contribution in [0.15, 0.2) is 24.4 Å². The number of benzene rings is 1. The van der Waals surface area contributed by atoms with Gasteiger partial charge in [0.2, 0.25) is 0 Å². The highest BCUT2D eigenvalue weighted by Gasteiger charge is 2.07. The molecule has 0 aliphatic heterocycles. The molecule has 0 bridgehead atoms. The molecule has 0 atom stereocenters. The highest BCUT2D eigenvalue weighted by Crippen LogP contribution is 2.22. The summed E-state index contributed by atoms with van der Waals surface area (Å²) in [6, 6.07) is 4.88. The Balaban J connectivity index is 2.10. The number of hydrogen-bond donors (Lipinski definition) is 0. The van der Waals surface area contributed by atoms with Gasteiger partial charge in [-0.25, -0.2) is 0 Å². The van der Waals surface area contributed by atoms with Gasteiger partial charge in [-0.2, -0.15) is 13.9 Å². The zero-order valence-electron chi connectivity index (χ0n) is 11.0.